The largest absolute Gasteiger partial charge is 0.490 e. The number of hydrogen-bond acceptors (Lipinski definition) is 4. The van der Waals surface area contributed by atoms with Gasteiger partial charge in [-0.1, -0.05) is 6.07 Å². The van der Waals surface area contributed by atoms with Crippen LogP contribution in [0.3, 0.4) is 0 Å². The first-order chi connectivity index (χ1) is 10.1. The summed E-state index contributed by atoms with van der Waals surface area (Å²) in [5.74, 6) is 0.231. The molecule has 4 nitrogen and oxygen atoms in total. The Morgan fingerprint density at radius 3 is 2.71 bits per heavy atom. The van der Waals surface area contributed by atoms with E-state index >= 15 is 0 Å². The Morgan fingerprint density at radius 1 is 1.24 bits per heavy atom. The van der Waals surface area contributed by atoms with Gasteiger partial charge in [-0.05, 0) is 59.8 Å². The molecule has 0 aliphatic rings. The van der Waals surface area contributed by atoms with Crippen LogP contribution in [0.4, 0.5) is 0 Å². The Labute approximate surface area is 136 Å². The number of ether oxygens (including phenoxy) is 2. The maximum absolute atomic E-state index is 12.1. The Bertz CT molecular complexity index is 707. The SMILES string of the molecule is CCOc1cc(C#N)ccc1OC(=O)c1cccc(I)c1. The Hall–Kier alpha value is -2.07. The molecule has 0 saturated heterocycles. The van der Waals surface area contributed by atoms with Crippen LogP contribution in [0, 0.1) is 14.9 Å². The fraction of sp³-hybridized carbons (Fsp3) is 0.125. The van der Waals surface area contributed by atoms with Crippen molar-refractivity contribution in [2.75, 3.05) is 6.61 Å². The number of carbonyl (C=O) groups excluding carboxylic acids is 1. The van der Waals surface area contributed by atoms with Crippen molar-refractivity contribution in [2.45, 2.75) is 6.92 Å². The second kappa shape index (κ2) is 7.09. The lowest BCUT2D eigenvalue weighted by molar-refractivity contribution is 0.0728. The van der Waals surface area contributed by atoms with E-state index in [0.717, 1.165) is 3.57 Å². The second-order valence-electron chi connectivity index (χ2n) is 4.11. The predicted octanol–water partition coefficient (Wildman–Crippen LogP) is 3.78. The average Bonchev–Trinajstić information content (AvgIpc) is 2.49. The summed E-state index contributed by atoms with van der Waals surface area (Å²) in [7, 11) is 0. The lowest BCUT2D eigenvalue weighted by Gasteiger charge is -2.11. The number of hydrogen-bond donors (Lipinski definition) is 0. The van der Waals surface area contributed by atoms with Gasteiger partial charge < -0.3 is 9.47 Å². The molecule has 2 rings (SSSR count). The molecule has 2 aromatic carbocycles. The highest BCUT2D eigenvalue weighted by atomic mass is 127. The molecule has 0 unspecified atom stereocenters. The van der Waals surface area contributed by atoms with Gasteiger partial charge in [0.05, 0.1) is 23.8 Å². The van der Waals surface area contributed by atoms with Gasteiger partial charge in [0.25, 0.3) is 0 Å². The monoisotopic (exact) mass is 393 g/mol. The van der Waals surface area contributed by atoms with Crippen molar-refractivity contribution < 1.29 is 14.3 Å². The molecule has 0 N–H and O–H groups in total. The van der Waals surface area contributed by atoms with E-state index < -0.39 is 5.97 Å². The molecule has 0 aliphatic carbocycles. The summed E-state index contributed by atoms with van der Waals surface area (Å²) in [5.41, 5.74) is 0.918. The molecule has 5 heteroatoms. The van der Waals surface area contributed by atoms with Gasteiger partial charge in [-0.3, -0.25) is 0 Å². The summed E-state index contributed by atoms with van der Waals surface area (Å²) in [6.45, 7) is 2.24. The minimum Gasteiger partial charge on any atom is -0.490 e. The van der Waals surface area contributed by atoms with Crippen molar-refractivity contribution >= 4 is 28.6 Å². The molecule has 0 spiro atoms. The quantitative estimate of drug-likeness (QED) is 0.451. The second-order valence-corrected chi connectivity index (χ2v) is 5.35. The van der Waals surface area contributed by atoms with Crippen molar-refractivity contribution in [1.29, 1.82) is 5.26 Å². The van der Waals surface area contributed by atoms with E-state index in [1.54, 1.807) is 36.4 Å². The summed E-state index contributed by atoms with van der Waals surface area (Å²) < 4.78 is 11.7. The van der Waals surface area contributed by atoms with Gasteiger partial charge in [0.2, 0.25) is 0 Å². The molecule has 0 atom stereocenters. The van der Waals surface area contributed by atoms with Crippen LogP contribution in [0.5, 0.6) is 11.5 Å². The van der Waals surface area contributed by atoms with E-state index in [1.165, 1.54) is 0 Å². The van der Waals surface area contributed by atoms with Gasteiger partial charge in [-0.25, -0.2) is 4.79 Å². The van der Waals surface area contributed by atoms with Crippen LogP contribution in [-0.2, 0) is 0 Å². The number of carbonyl (C=O) groups is 1. The van der Waals surface area contributed by atoms with Gasteiger partial charge in [-0.2, -0.15) is 5.26 Å². The molecule has 0 saturated carbocycles. The van der Waals surface area contributed by atoms with Crippen LogP contribution >= 0.6 is 22.6 Å². The predicted molar refractivity (Wildman–Crippen MR) is 86.4 cm³/mol. The number of halogens is 1. The van der Waals surface area contributed by atoms with Gasteiger partial charge in [-0.15, -0.1) is 0 Å². The number of esters is 1. The third-order valence-electron chi connectivity index (χ3n) is 2.64. The summed E-state index contributed by atoms with van der Waals surface area (Å²) in [6.07, 6.45) is 0. The zero-order chi connectivity index (χ0) is 15.2. The Morgan fingerprint density at radius 2 is 2.05 bits per heavy atom. The maximum atomic E-state index is 12.1. The van der Waals surface area contributed by atoms with E-state index in [1.807, 2.05) is 19.1 Å². The van der Waals surface area contributed by atoms with Crippen LogP contribution in [0.15, 0.2) is 42.5 Å². The standard InChI is InChI=1S/C16H12INO3/c1-2-20-15-8-11(10-18)6-7-14(15)21-16(19)12-4-3-5-13(17)9-12/h3-9H,2H2,1H3. The van der Waals surface area contributed by atoms with E-state index in [4.69, 9.17) is 14.7 Å². The number of nitriles is 1. The summed E-state index contributed by atoms with van der Waals surface area (Å²) in [5, 5.41) is 8.90. The molecule has 0 fully saturated rings. The molecule has 0 heterocycles. The van der Waals surface area contributed by atoms with E-state index in [9.17, 15) is 4.79 Å². The summed E-state index contributed by atoms with van der Waals surface area (Å²) in [6, 6.07) is 13.8. The van der Waals surface area contributed by atoms with Crippen molar-refractivity contribution in [1.82, 2.24) is 0 Å². The molecule has 106 valence electrons. The van der Waals surface area contributed by atoms with E-state index in [0.29, 0.717) is 29.2 Å². The molecular formula is C16H12INO3. The molecule has 0 amide bonds. The van der Waals surface area contributed by atoms with E-state index in [-0.39, 0.29) is 0 Å². The molecular weight excluding hydrogens is 381 g/mol. The number of rotatable bonds is 4. The molecule has 21 heavy (non-hydrogen) atoms. The third kappa shape index (κ3) is 3.95. The molecule has 0 bridgehead atoms. The first-order valence-corrected chi connectivity index (χ1v) is 7.36. The fourth-order valence-corrected chi connectivity index (χ4v) is 2.25. The lowest BCUT2D eigenvalue weighted by atomic mass is 10.2. The third-order valence-corrected chi connectivity index (χ3v) is 3.31. The molecule has 0 aromatic heterocycles. The van der Waals surface area contributed by atoms with Crippen molar-refractivity contribution in [3.05, 3.63) is 57.2 Å². The first-order valence-electron chi connectivity index (χ1n) is 6.28. The highest BCUT2D eigenvalue weighted by Crippen LogP contribution is 2.29. The topological polar surface area (TPSA) is 59.3 Å². The van der Waals surface area contributed by atoms with Crippen LogP contribution in [0.1, 0.15) is 22.8 Å². The van der Waals surface area contributed by atoms with Gasteiger partial charge in [0.15, 0.2) is 11.5 Å². The Balaban J connectivity index is 2.26. The lowest BCUT2D eigenvalue weighted by Crippen LogP contribution is -2.10. The molecule has 0 radical (unpaired) electrons. The smallest absolute Gasteiger partial charge is 0.343 e. The normalized spacial score (nSPS) is 9.76. The highest BCUT2D eigenvalue weighted by molar-refractivity contribution is 14.1. The summed E-state index contributed by atoms with van der Waals surface area (Å²) >= 11 is 2.13. The zero-order valence-electron chi connectivity index (χ0n) is 11.3. The summed E-state index contributed by atoms with van der Waals surface area (Å²) in [4.78, 5) is 12.1. The minimum atomic E-state index is -0.459. The van der Waals surface area contributed by atoms with Crippen LogP contribution in [-0.4, -0.2) is 12.6 Å². The van der Waals surface area contributed by atoms with Crippen LogP contribution in [0.2, 0.25) is 0 Å². The zero-order valence-corrected chi connectivity index (χ0v) is 13.5. The van der Waals surface area contributed by atoms with E-state index in [2.05, 4.69) is 22.6 Å². The number of nitrogens with zero attached hydrogens (tertiary/aromatic N) is 1. The number of benzene rings is 2. The van der Waals surface area contributed by atoms with Gasteiger partial charge in [0.1, 0.15) is 0 Å². The van der Waals surface area contributed by atoms with Crippen LogP contribution in [0.25, 0.3) is 0 Å². The first kappa shape index (κ1) is 15.3. The van der Waals surface area contributed by atoms with Crippen molar-refractivity contribution in [3.63, 3.8) is 0 Å². The van der Waals surface area contributed by atoms with Crippen LogP contribution < -0.4 is 9.47 Å². The molecule has 0 aliphatic heterocycles. The average molecular weight is 393 g/mol. The fourth-order valence-electron chi connectivity index (χ4n) is 1.70. The van der Waals surface area contributed by atoms with Gasteiger partial charge in [0, 0.05) is 9.64 Å². The Kier molecular flexibility index (Phi) is 5.17. The van der Waals surface area contributed by atoms with Crippen molar-refractivity contribution in [3.8, 4) is 17.6 Å². The van der Waals surface area contributed by atoms with Crippen molar-refractivity contribution in [2.24, 2.45) is 0 Å². The minimum absolute atomic E-state index is 0.305. The highest BCUT2D eigenvalue weighted by Gasteiger charge is 2.13. The van der Waals surface area contributed by atoms with Gasteiger partial charge >= 0.3 is 5.97 Å². The molecule has 2 aromatic rings. The maximum Gasteiger partial charge on any atom is 0.343 e.